The Bertz CT molecular complexity index is 204. The van der Waals surface area contributed by atoms with Gasteiger partial charge in [0.25, 0.3) is 0 Å². The SMILES string of the molecule is CC(C)C(N)C12CCC1C[C@@H](O)C2. The molecule has 2 rings (SSSR count). The number of hydrogen-bond acceptors (Lipinski definition) is 2. The van der Waals surface area contributed by atoms with Crippen LogP contribution in [0.25, 0.3) is 0 Å². The minimum absolute atomic E-state index is 0.0719. The molecule has 3 N–H and O–H groups in total. The van der Waals surface area contributed by atoms with Crippen LogP contribution >= 0.6 is 0 Å². The van der Waals surface area contributed by atoms with E-state index in [-0.39, 0.29) is 6.10 Å². The number of aliphatic hydroxyl groups is 1. The normalized spacial score (nSPS) is 45.9. The van der Waals surface area contributed by atoms with Gasteiger partial charge >= 0.3 is 0 Å². The second-order valence-electron chi connectivity index (χ2n) is 5.33. The molecule has 2 saturated carbocycles. The van der Waals surface area contributed by atoms with Crippen molar-refractivity contribution in [3.8, 4) is 0 Å². The molecule has 0 bridgehead atoms. The van der Waals surface area contributed by atoms with Crippen molar-refractivity contribution in [2.24, 2.45) is 23.0 Å². The Kier molecular flexibility index (Phi) is 2.16. The van der Waals surface area contributed by atoms with E-state index in [1.54, 1.807) is 0 Å². The lowest BCUT2D eigenvalue weighted by Crippen LogP contribution is -2.52. The van der Waals surface area contributed by atoms with Crippen LogP contribution in [-0.4, -0.2) is 17.3 Å². The van der Waals surface area contributed by atoms with Crippen LogP contribution in [-0.2, 0) is 0 Å². The minimum Gasteiger partial charge on any atom is -0.393 e. The Morgan fingerprint density at radius 2 is 2.15 bits per heavy atom. The van der Waals surface area contributed by atoms with Crippen LogP contribution in [0, 0.1) is 17.3 Å². The lowest BCUT2D eigenvalue weighted by Gasteiger charge is -2.50. The molecule has 0 aliphatic heterocycles. The molecule has 76 valence electrons. The summed E-state index contributed by atoms with van der Waals surface area (Å²) in [7, 11) is 0. The van der Waals surface area contributed by atoms with Crippen LogP contribution in [0.15, 0.2) is 0 Å². The first-order valence-corrected chi connectivity index (χ1v) is 5.50. The lowest BCUT2D eigenvalue weighted by atomic mass is 9.56. The Labute approximate surface area is 80.5 Å². The average molecular weight is 183 g/mol. The number of fused-ring (bicyclic) bond motifs is 1. The fourth-order valence-electron chi connectivity index (χ4n) is 3.43. The second-order valence-corrected chi connectivity index (χ2v) is 5.33. The third-order valence-electron chi connectivity index (χ3n) is 4.33. The van der Waals surface area contributed by atoms with Crippen LogP contribution in [0.2, 0.25) is 0 Å². The average Bonchev–Trinajstić information content (AvgIpc) is 2.26. The van der Waals surface area contributed by atoms with Crippen molar-refractivity contribution in [1.29, 1.82) is 0 Å². The van der Waals surface area contributed by atoms with E-state index in [0.29, 0.717) is 17.4 Å². The maximum atomic E-state index is 9.65. The first-order valence-electron chi connectivity index (χ1n) is 5.50. The highest BCUT2D eigenvalue weighted by atomic mass is 16.3. The third-order valence-corrected chi connectivity index (χ3v) is 4.33. The molecule has 2 heteroatoms. The maximum Gasteiger partial charge on any atom is 0.0549 e. The molecule has 0 aromatic heterocycles. The predicted octanol–water partition coefficient (Wildman–Crippen LogP) is 1.52. The van der Waals surface area contributed by atoms with Gasteiger partial charge in [-0.25, -0.2) is 0 Å². The number of nitrogens with two attached hydrogens (primary N) is 1. The monoisotopic (exact) mass is 183 g/mol. The van der Waals surface area contributed by atoms with Crippen LogP contribution in [0.4, 0.5) is 0 Å². The molecule has 0 amide bonds. The van der Waals surface area contributed by atoms with E-state index >= 15 is 0 Å². The lowest BCUT2D eigenvalue weighted by molar-refractivity contribution is 0.0138. The van der Waals surface area contributed by atoms with Gasteiger partial charge in [-0.1, -0.05) is 13.8 Å². The topological polar surface area (TPSA) is 46.2 Å². The Morgan fingerprint density at radius 1 is 1.46 bits per heavy atom. The van der Waals surface area contributed by atoms with Crippen molar-refractivity contribution in [2.75, 3.05) is 0 Å². The van der Waals surface area contributed by atoms with Crippen molar-refractivity contribution >= 4 is 0 Å². The maximum absolute atomic E-state index is 9.65. The van der Waals surface area contributed by atoms with Gasteiger partial charge in [0, 0.05) is 6.04 Å². The van der Waals surface area contributed by atoms with Gasteiger partial charge in [0.05, 0.1) is 6.10 Å². The van der Waals surface area contributed by atoms with Gasteiger partial charge in [-0.2, -0.15) is 0 Å². The predicted molar refractivity (Wildman–Crippen MR) is 53.2 cm³/mol. The summed E-state index contributed by atoms with van der Waals surface area (Å²) in [5, 5.41) is 9.65. The van der Waals surface area contributed by atoms with Gasteiger partial charge in [0.2, 0.25) is 0 Å². The summed E-state index contributed by atoms with van der Waals surface area (Å²) in [6, 6.07) is 0.295. The van der Waals surface area contributed by atoms with Gasteiger partial charge < -0.3 is 10.8 Å². The van der Waals surface area contributed by atoms with Crippen molar-refractivity contribution in [3.05, 3.63) is 0 Å². The van der Waals surface area contributed by atoms with Crippen molar-refractivity contribution in [2.45, 2.75) is 51.7 Å². The van der Waals surface area contributed by atoms with E-state index in [0.717, 1.165) is 18.8 Å². The summed E-state index contributed by atoms with van der Waals surface area (Å²) in [4.78, 5) is 0. The molecule has 2 fully saturated rings. The van der Waals surface area contributed by atoms with E-state index < -0.39 is 0 Å². The molecule has 0 heterocycles. The molecule has 0 aromatic carbocycles. The summed E-state index contributed by atoms with van der Waals surface area (Å²) in [5.41, 5.74) is 6.56. The number of rotatable bonds is 2. The van der Waals surface area contributed by atoms with E-state index in [9.17, 15) is 5.11 Å². The van der Waals surface area contributed by atoms with Crippen LogP contribution in [0.3, 0.4) is 0 Å². The molecular formula is C11H21NO. The fraction of sp³-hybridized carbons (Fsp3) is 1.00. The fourth-order valence-corrected chi connectivity index (χ4v) is 3.43. The minimum atomic E-state index is -0.0719. The van der Waals surface area contributed by atoms with Crippen LogP contribution in [0.5, 0.6) is 0 Å². The van der Waals surface area contributed by atoms with E-state index in [2.05, 4.69) is 13.8 Å². The second kappa shape index (κ2) is 2.96. The highest BCUT2D eigenvalue weighted by Crippen LogP contribution is 2.59. The largest absolute Gasteiger partial charge is 0.393 e. The molecule has 2 aliphatic carbocycles. The summed E-state index contributed by atoms with van der Waals surface area (Å²) in [6.07, 6.45) is 4.42. The molecule has 0 saturated heterocycles. The number of aliphatic hydroxyl groups excluding tert-OH is 1. The molecule has 0 aromatic rings. The molecule has 0 radical (unpaired) electrons. The smallest absolute Gasteiger partial charge is 0.0549 e. The van der Waals surface area contributed by atoms with Crippen LogP contribution < -0.4 is 5.73 Å². The first-order chi connectivity index (χ1) is 6.06. The van der Waals surface area contributed by atoms with Crippen molar-refractivity contribution in [1.82, 2.24) is 0 Å². The zero-order valence-electron chi connectivity index (χ0n) is 8.66. The van der Waals surface area contributed by atoms with Gasteiger partial charge in [0.15, 0.2) is 0 Å². The van der Waals surface area contributed by atoms with Gasteiger partial charge in [-0.05, 0) is 42.9 Å². The molecule has 4 atom stereocenters. The summed E-state index contributed by atoms with van der Waals surface area (Å²) in [5.74, 6) is 1.27. The standard InChI is InChI=1S/C11H21NO/c1-7(2)10(12)11-4-3-8(11)5-9(13)6-11/h7-10,13H,3-6,12H2,1-2H3/t8?,9-,10?,11?/m1/s1. The van der Waals surface area contributed by atoms with E-state index in [4.69, 9.17) is 5.73 Å². The van der Waals surface area contributed by atoms with E-state index in [1.165, 1.54) is 12.8 Å². The van der Waals surface area contributed by atoms with Gasteiger partial charge in [0.1, 0.15) is 0 Å². The van der Waals surface area contributed by atoms with Gasteiger partial charge in [-0.15, -0.1) is 0 Å². The summed E-state index contributed by atoms with van der Waals surface area (Å²) in [6.45, 7) is 4.39. The Hall–Kier alpha value is -0.0800. The summed E-state index contributed by atoms with van der Waals surface area (Å²) < 4.78 is 0. The van der Waals surface area contributed by atoms with Gasteiger partial charge in [-0.3, -0.25) is 0 Å². The quantitative estimate of drug-likeness (QED) is 0.682. The molecule has 13 heavy (non-hydrogen) atoms. The zero-order valence-corrected chi connectivity index (χ0v) is 8.66. The number of hydrogen-bond donors (Lipinski definition) is 2. The highest BCUT2D eigenvalue weighted by molar-refractivity contribution is 5.08. The first kappa shape index (κ1) is 9.47. The summed E-state index contributed by atoms with van der Waals surface area (Å²) >= 11 is 0. The molecule has 3 unspecified atom stereocenters. The molecule has 2 aliphatic rings. The third kappa shape index (κ3) is 1.23. The molecule has 2 nitrogen and oxygen atoms in total. The Morgan fingerprint density at radius 3 is 2.54 bits per heavy atom. The Balaban J connectivity index is 2.12. The highest BCUT2D eigenvalue weighted by Gasteiger charge is 2.56. The molecular weight excluding hydrogens is 162 g/mol. The van der Waals surface area contributed by atoms with Crippen LogP contribution in [0.1, 0.15) is 39.5 Å². The van der Waals surface area contributed by atoms with Crippen molar-refractivity contribution in [3.63, 3.8) is 0 Å². The zero-order chi connectivity index (χ0) is 9.64. The molecule has 0 spiro atoms. The van der Waals surface area contributed by atoms with Crippen molar-refractivity contribution < 1.29 is 5.11 Å². The van der Waals surface area contributed by atoms with E-state index in [1.807, 2.05) is 0 Å².